The van der Waals surface area contributed by atoms with Crippen LogP contribution in [0.5, 0.6) is 0 Å². The summed E-state index contributed by atoms with van der Waals surface area (Å²) in [6, 6.07) is 7.15. The van der Waals surface area contributed by atoms with Crippen molar-refractivity contribution in [3.05, 3.63) is 40.6 Å². The van der Waals surface area contributed by atoms with Gasteiger partial charge in [-0.25, -0.2) is 0 Å². The van der Waals surface area contributed by atoms with Gasteiger partial charge in [-0.15, -0.1) is 0 Å². The van der Waals surface area contributed by atoms with Gasteiger partial charge >= 0.3 is 0 Å². The minimum Gasteiger partial charge on any atom is -0.328 e. The molecule has 1 saturated heterocycles. The van der Waals surface area contributed by atoms with Crippen LogP contribution in [-0.2, 0) is 4.79 Å². The molecule has 23 heavy (non-hydrogen) atoms. The van der Waals surface area contributed by atoms with Gasteiger partial charge in [0.25, 0.3) is 5.91 Å². The van der Waals surface area contributed by atoms with Crippen molar-refractivity contribution in [1.82, 2.24) is 4.90 Å². The molecule has 0 aliphatic carbocycles. The molecule has 0 spiro atoms. The lowest BCUT2D eigenvalue weighted by molar-refractivity contribution is -0.121. The molecule has 4 rings (SSSR count). The Balaban J connectivity index is 1.77. The molecule has 0 bridgehead atoms. The number of fused-ring (bicyclic) bond motifs is 2. The average Bonchev–Trinajstić information content (AvgIpc) is 3.06. The molecule has 2 aliphatic rings. The second-order valence-electron chi connectivity index (χ2n) is 6.06. The van der Waals surface area contributed by atoms with Crippen LogP contribution in [-0.4, -0.2) is 35.3 Å². The normalized spacial score (nSPS) is 23.8. The van der Waals surface area contributed by atoms with E-state index in [-0.39, 0.29) is 17.9 Å². The van der Waals surface area contributed by atoms with Crippen molar-refractivity contribution < 1.29 is 9.59 Å². The fraction of sp³-hybridized carbons (Fsp3) is 0.294. The second-order valence-corrected chi connectivity index (χ2v) is 6.84. The number of nitrogens with two attached hydrogens (primary N) is 1. The number of hydrogen-bond acceptors (Lipinski definition) is 4. The Morgan fingerprint density at radius 2 is 2.09 bits per heavy atom. The van der Waals surface area contributed by atoms with E-state index >= 15 is 0 Å². The molecule has 2 aromatic rings. The molecule has 2 unspecified atom stereocenters. The van der Waals surface area contributed by atoms with Gasteiger partial charge in [0.2, 0.25) is 5.91 Å². The van der Waals surface area contributed by atoms with Gasteiger partial charge in [0.1, 0.15) is 6.04 Å². The zero-order chi connectivity index (χ0) is 16.0. The molecule has 2 atom stereocenters. The van der Waals surface area contributed by atoms with Gasteiger partial charge < -0.3 is 16.0 Å². The number of benzene rings is 1. The number of piperidine rings is 1. The van der Waals surface area contributed by atoms with Gasteiger partial charge in [-0.05, 0) is 52.9 Å². The molecule has 6 heteroatoms. The number of anilines is 1. The quantitative estimate of drug-likeness (QED) is 0.844. The maximum Gasteiger partial charge on any atom is 0.256 e. The van der Waals surface area contributed by atoms with Gasteiger partial charge in [-0.2, -0.15) is 11.3 Å². The fourth-order valence-corrected chi connectivity index (χ4v) is 3.96. The Hall–Kier alpha value is -2.18. The monoisotopic (exact) mass is 327 g/mol. The van der Waals surface area contributed by atoms with Crippen LogP contribution < -0.4 is 11.1 Å². The molecule has 0 radical (unpaired) electrons. The van der Waals surface area contributed by atoms with Crippen LogP contribution in [0.15, 0.2) is 35.0 Å². The molecule has 5 nitrogen and oxygen atoms in total. The van der Waals surface area contributed by atoms with Crippen LogP contribution in [0.1, 0.15) is 23.2 Å². The van der Waals surface area contributed by atoms with Crippen LogP contribution >= 0.6 is 11.3 Å². The molecule has 1 aromatic heterocycles. The lowest BCUT2D eigenvalue weighted by atomic mass is 9.97. The summed E-state index contributed by atoms with van der Waals surface area (Å²) in [6.45, 7) is 0.528. The molecule has 1 aromatic carbocycles. The summed E-state index contributed by atoms with van der Waals surface area (Å²) in [5.74, 6) is -0.233. The smallest absolute Gasteiger partial charge is 0.256 e. The van der Waals surface area contributed by atoms with E-state index in [1.165, 1.54) is 0 Å². The SMILES string of the molecule is NC1CCN2C(=O)c3cc(-c4ccsc4)ccc3NC(=O)C2C1. The summed E-state index contributed by atoms with van der Waals surface area (Å²) in [4.78, 5) is 27.1. The number of nitrogens with zero attached hydrogens (tertiary/aromatic N) is 1. The summed E-state index contributed by atoms with van der Waals surface area (Å²) in [5.41, 5.74) is 9.19. The molecular weight excluding hydrogens is 310 g/mol. The van der Waals surface area contributed by atoms with Crippen molar-refractivity contribution in [2.75, 3.05) is 11.9 Å². The summed E-state index contributed by atoms with van der Waals surface area (Å²) >= 11 is 1.62. The number of nitrogens with one attached hydrogen (secondary N) is 1. The predicted octanol–water partition coefficient (Wildman–Crippen LogP) is 2.30. The number of carbonyl (C=O) groups is 2. The highest BCUT2D eigenvalue weighted by Gasteiger charge is 2.38. The minimum absolute atomic E-state index is 0.0302. The molecule has 0 saturated carbocycles. The predicted molar refractivity (Wildman–Crippen MR) is 90.4 cm³/mol. The molecule has 3 N–H and O–H groups in total. The van der Waals surface area contributed by atoms with Gasteiger partial charge in [-0.1, -0.05) is 6.07 Å². The summed E-state index contributed by atoms with van der Waals surface area (Å²) in [6.07, 6.45) is 1.25. The second kappa shape index (κ2) is 5.47. The Kier molecular flexibility index (Phi) is 3.43. The lowest BCUT2D eigenvalue weighted by Gasteiger charge is -2.35. The molecule has 118 valence electrons. The topological polar surface area (TPSA) is 75.4 Å². The standard InChI is InChI=1S/C17H17N3O2S/c18-12-3-5-20-15(8-12)16(21)19-14-2-1-10(7-13(14)17(20)22)11-4-6-23-9-11/h1-2,4,6-7,9,12,15H,3,5,8,18H2,(H,19,21). The first-order chi connectivity index (χ1) is 11.1. The van der Waals surface area contributed by atoms with Gasteiger partial charge in [0, 0.05) is 12.6 Å². The van der Waals surface area contributed by atoms with E-state index in [0.29, 0.717) is 24.2 Å². The molecular formula is C17H17N3O2S. The third-order valence-electron chi connectivity index (χ3n) is 4.57. The highest BCUT2D eigenvalue weighted by atomic mass is 32.1. The van der Waals surface area contributed by atoms with E-state index < -0.39 is 6.04 Å². The van der Waals surface area contributed by atoms with Gasteiger partial charge in [-0.3, -0.25) is 9.59 Å². The minimum atomic E-state index is -0.469. The van der Waals surface area contributed by atoms with Crippen LogP contribution in [0.3, 0.4) is 0 Å². The van der Waals surface area contributed by atoms with Gasteiger partial charge in [0.15, 0.2) is 0 Å². The van der Waals surface area contributed by atoms with Crippen molar-refractivity contribution >= 4 is 28.8 Å². The van der Waals surface area contributed by atoms with Crippen LogP contribution in [0.4, 0.5) is 5.69 Å². The zero-order valence-electron chi connectivity index (χ0n) is 12.5. The third-order valence-corrected chi connectivity index (χ3v) is 5.25. The van der Waals surface area contributed by atoms with E-state index in [9.17, 15) is 9.59 Å². The van der Waals surface area contributed by atoms with Crippen molar-refractivity contribution in [2.45, 2.75) is 24.9 Å². The van der Waals surface area contributed by atoms with E-state index in [4.69, 9.17) is 5.73 Å². The summed E-state index contributed by atoms with van der Waals surface area (Å²) in [7, 11) is 0. The fourth-order valence-electron chi connectivity index (χ4n) is 3.29. The van der Waals surface area contributed by atoms with Crippen molar-refractivity contribution in [3.63, 3.8) is 0 Å². The molecule has 2 amide bonds. The van der Waals surface area contributed by atoms with Crippen LogP contribution in [0.25, 0.3) is 11.1 Å². The molecule has 1 fully saturated rings. The van der Waals surface area contributed by atoms with E-state index in [1.807, 2.05) is 35.0 Å². The van der Waals surface area contributed by atoms with Crippen molar-refractivity contribution in [2.24, 2.45) is 5.73 Å². The Bertz CT molecular complexity index is 772. The zero-order valence-corrected chi connectivity index (χ0v) is 13.3. The van der Waals surface area contributed by atoms with E-state index in [1.54, 1.807) is 16.2 Å². The number of amides is 2. The number of carbonyl (C=O) groups excluding carboxylic acids is 2. The Morgan fingerprint density at radius 1 is 1.22 bits per heavy atom. The molecule has 2 aliphatic heterocycles. The summed E-state index contributed by atoms with van der Waals surface area (Å²) in [5, 5.41) is 6.94. The number of hydrogen-bond donors (Lipinski definition) is 2. The first-order valence-electron chi connectivity index (χ1n) is 7.67. The first kappa shape index (κ1) is 14.4. The maximum atomic E-state index is 12.9. The number of thiophene rings is 1. The summed E-state index contributed by atoms with van der Waals surface area (Å²) < 4.78 is 0. The largest absolute Gasteiger partial charge is 0.328 e. The van der Waals surface area contributed by atoms with E-state index in [0.717, 1.165) is 17.5 Å². The highest BCUT2D eigenvalue weighted by molar-refractivity contribution is 7.08. The number of rotatable bonds is 1. The van der Waals surface area contributed by atoms with Gasteiger partial charge in [0.05, 0.1) is 11.3 Å². The van der Waals surface area contributed by atoms with Crippen LogP contribution in [0.2, 0.25) is 0 Å². The van der Waals surface area contributed by atoms with Crippen molar-refractivity contribution in [1.29, 1.82) is 0 Å². The highest BCUT2D eigenvalue weighted by Crippen LogP contribution is 2.32. The lowest BCUT2D eigenvalue weighted by Crippen LogP contribution is -2.53. The van der Waals surface area contributed by atoms with Crippen LogP contribution in [0, 0.1) is 0 Å². The average molecular weight is 327 g/mol. The Morgan fingerprint density at radius 3 is 2.87 bits per heavy atom. The molecule has 3 heterocycles. The van der Waals surface area contributed by atoms with E-state index in [2.05, 4.69) is 5.32 Å². The third kappa shape index (κ3) is 2.44. The first-order valence-corrected chi connectivity index (χ1v) is 8.62. The van der Waals surface area contributed by atoms with Crippen molar-refractivity contribution in [3.8, 4) is 11.1 Å². The Labute approximate surface area is 138 Å². The maximum absolute atomic E-state index is 12.9.